The van der Waals surface area contributed by atoms with E-state index in [2.05, 4.69) is 30.8 Å². The SMILES string of the molecule is COc1cc(C(=O)NC2CCn3cnnc3C2)ccc1Nc1ncc(C(F)(F)F)c(Oc2cccc3c2C(=O)N(C)C32CC2)n1. The first kappa shape index (κ1) is 28.6. The average molecular weight is 621 g/mol. The van der Waals surface area contributed by atoms with Gasteiger partial charge in [0.2, 0.25) is 11.8 Å². The van der Waals surface area contributed by atoms with Crippen LogP contribution in [0, 0.1) is 0 Å². The topological polar surface area (TPSA) is 136 Å². The minimum absolute atomic E-state index is 0.0191. The van der Waals surface area contributed by atoms with E-state index in [4.69, 9.17) is 9.47 Å². The van der Waals surface area contributed by atoms with Crippen LogP contribution in [0.3, 0.4) is 0 Å². The van der Waals surface area contributed by atoms with Gasteiger partial charge in [0, 0.05) is 37.8 Å². The summed E-state index contributed by atoms with van der Waals surface area (Å²) in [5.74, 6) is -0.599. The van der Waals surface area contributed by atoms with Crippen molar-refractivity contribution in [3.63, 3.8) is 0 Å². The maximum absolute atomic E-state index is 14.0. The van der Waals surface area contributed by atoms with E-state index in [9.17, 15) is 22.8 Å². The molecule has 15 heteroatoms. The zero-order valence-corrected chi connectivity index (χ0v) is 24.2. The van der Waals surface area contributed by atoms with Crippen molar-refractivity contribution in [2.75, 3.05) is 19.5 Å². The molecular formula is C30H27F3N8O4. The highest BCUT2D eigenvalue weighted by Crippen LogP contribution is 2.57. The third kappa shape index (κ3) is 4.97. The number of fused-ring (bicyclic) bond motifs is 3. The first-order valence-electron chi connectivity index (χ1n) is 14.2. The van der Waals surface area contributed by atoms with E-state index in [1.54, 1.807) is 42.5 Å². The van der Waals surface area contributed by atoms with E-state index in [-0.39, 0.29) is 40.9 Å². The lowest BCUT2D eigenvalue weighted by atomic mass is 10.0. The Morgan fingerprint density at radius 3 is 2.73 bits per heavy atom. The van der Waals surface area contributed by atoms with Gasteiger partial charge in [0.25, 0.3) is 11.8 Å². The number of benzene rings is 2. The number of aromatic nitrogens is 5. The molecule has 1 aliphatic carbocycles. The largest absolute Gasteiger partial charge is 0.495 e. The van der Waals surface area contributed by atoms with Crippen molar-refractivity contribution in [2.45, 2.75) is 50.0 Å². The number of hydrogen-bond donors (Lipinski definition) is 2. The Balaban J connectivity index is 1.13. The van der Waals surface area contributed by atoms with Crippen LogP contribution in [-0.4, -0.2) is 61.6 Å². The van der Waals surface area contributed by atoms with Crippen LogP contribution < -0.4 is 20.1 Å². The minimum atomic E-state index is -4.83. The van der Waals surface area contributed by atoms with Crippen LogP contribution >= 0.6 is 0 Å². The Kier molecular flexibility index (Phi) is 6.63. The fourth-order valence-corrected chi connectivity index (χ4v) is 5.98. The number of aryl methyl sites for hydroxylation is 1. The van der Waals surface area contributed by atoms with Crippen molar-refractivity contribution in [1.82, 2.24) is 34.9 Å². The fourth-order valence-electron chi connectivity index (χ4n) is 5.98. The number of nitrogens with one attached hydrogen (secondary N) is 2. The van der Waals surface area contributed by atoms with Crippen molar-refractivity contribution in [3.05, 3.63) is 77.0 Å². The van der Waals surface area contributed by atoms with Crippen molar-refractivity contribution in [2.24, 2.45) is 0 Å². The van der Waals surface area contributed by atoms with Crippen LogP contribution in [0.2, 0.25) is 0 Å². The lowest BCUT2D eigenvalue weighted by Crippen LogP contribution is -2.40. The summed E-state index contributed by atoms with van der Waals surface area (Å²) in [6, 6.07) is 9.38. The zero-order chi connectivity index (χ0) is 31.5. The van der Waals surface area contributed by atoms with Crippen molar-refractivity contribution >= 4 is 23.5 Å². The van der Waals surface area contributed by atoms with Crippen molar-refractivity contribution in [1.29, 1.82) is 0 Å². The summed E-state index contributed by atoms with van der Waals surface area (Å²) in [5.41, 5.74) is -0.0565. The molecule has 12 nitrogen and oxygen atoms in total. The molecule has 2 aromatic carbocycles. The Morgan fingerprint density at radius 2 is 1.98 bits per heavy atom. The molecule has 2 N–H and O–H groups in total. The maximum atomic E-state index is 14.0. The molecule has 1 saturated carbocycles. The molecule has 7 rings (SSSR count). The van der Waals surface area contributed by atoms with Gasteiger partial charge in [-0.2, -0.15) is 18.2 Å². The number of rotatable bonds is 7. The molecule has 232 valence electrons. The van der Waals surface area contributed by atoms with Gasteiger partial charge in [-0.1, -0.05) is 12.1 Å². The number of carbonyl (C=O) groups is 2. The summed E-state index contributed by atoms with van der Waals surface area (Å²) in [6.07, 6.45) is 0.266. The number of methoxy groups -OCH3 is 1. The summed E-state index contributed by atoms with van der Waals surface area (Å²) in [4.78, 5) is 35.6. The number of halogens is 3. The minimum Gasteiger partial charge on any atom is -0.495 e. The molecule has 1 spiro atoms. The summed E-state index contributed by atoms with van der Waals surface area (Å²) in [5, 5.41) is 13.8. The van der Waals surface area contributed by atoms with Crippen LogP contribution in [-0.2, 0) is 24.7 Å². The Labute approximate surface area is 254 Å². The van der Waals surface area contributed by atoms with Crippen molar-refractivity contribution in [3.8, 4) is 17.4 Å². The Morgan fingerprint density at radius 1 is 1.16 bits per heavy atom. The molecule has 1 unspecified atom stereocenters. The number of alkyl halides is 3. The number of anilines is 2. The highest BCUT2D eigenvalue weighted by atomic mass is 19.4. The Hall–Kier alpha value is -5.21. The number of hydrogen-bond acceptors (Lipinski definition) is 9. The highest BCUT2D eigenvalue weighted by molar-refractivity contribution is 6.03. The van der Waals surface area contributed by atoms with Gasteiger partial charge in [-0.05, 0) is 49.1 Å². The van der Waals surface area contributed by atoms with E-state index in [1.165, 1.54) is 19.2 Å². The smallest absolute Gasteiger partial charge is 0.423 e. The molecular weight excluding hydrogens is 593 g/mol. The third-order valence-corrected chi connectivity index (χ3v) is 8.57. The summed E-state index contributed by atoms with van der Waals surface area (Å²) >= 11 is 0. The van der Waals surface area contributed by atoms with Gasteiger partial charge >= 0.3 is 6.18 Å². The van der Waals surface area contributed by atoms with Gasteiger partial charge < -0.3 is 29.6 Å². The van der Waals surface area contributed by atoms with E-state index < -0.39 is 23.2 Å². The van der Waals surface area contributed by atoms with Crippen LogP contribution in [0.5, 0.6) is 17.4 Å². The average Bonchev–Trinajstić information content (AvgIpc) is 3.64. The molecule has 4 aromatic rings. The monoisotopic (exact) mass is 620 g/mol. The molecule has 0 bridgehead atoms. The van der Waals surface area contributed by atoms with Gasteiger partial charge in [-0.15, -0.1) is 10.2 Å². The van der Waals surface area contributed by atoms with E-state index in [0.717, 1.165) is 30.7 Å². The highest BCUT2D eigenvalue weighted by Gasteiger charge is 2.57. The van der Waals surface area contributed by atoms with Gasteiger partial charge in [0.1, 0.15) is 29.2 Å². The third-order valence-electron chi connectivity index (χ3n) is 8.57. The van der Waals surface area contributed by atoms with E-state index in [0.29, 0.717) is 30.4 Å². The lowest BCUT2D eigenvalue weighted by Gasteiger charge is -2.23. The van der Waals surface area contributed by atoms with Gasteiger partial charge in [-0.25, -0.2) is 4.98 Å². The van der Waals surface area contributed by atoms with Crippen LogP contribution in [0.1, 0.15) is 56.9 Å². The summed E-state index contributed by atoms with van der Waals surface area (Å²) in [6.45, 7) is 0.694. The first-order chi connectivity index (χ1) is 21.6. The molecule has 2 amide bonds. The standard InChI is InChI=1S/C30H27F3N8O4/c1-40-27(43)24-18(29(40)9-10-29)4-3-5-21(24)45-26-19(30(31,32)33)14-34-28(38-26)37-20-7-6-16(12-22(20)44-2)25(42)36-17-8-11-41-15-35-39-23(41)13-17/h3-7,12,14-15,17H,8-11,13H2,1-2H3,(H,36,42)(H,34,37,38). The number of amides is 2. The summed E-state index contributed by atoms with van der Waals surface area (Å²) < 4.78 is 55.1. The number of nitrogens with zero attached hydrogens (tertiary/aromatic N) is 6. The molecule has 4 heterocycles. The quantitative estimate of drug-likeness (QED) is 0.307. The molecule has 1 fully saturated rings. The maximum Gasteiger partial charge on any atom is 0.423 e. The zero-order valence-electron chi connectivity index (χ0n) is 24.2. The van der Waals surface area contributed by atoms with Crippen LogP contribution in [0.4, 0.5) is 24.8 Å². The van der Waals surface area contributed by atoms with E-state index >= 15 is 0 Å². The first-order valence-corrected chi connectivity index (χ1v) is 14.2. The van der Waals surface area contributed by atoms with Crippen molar-refractivity contribution < 1.29 is 32.2 Å². The molecule has 0 saturated heterocycles. The Bertz CT molecular complexity index is 1840. The number of ether oxygens (including phenoxy) is 2. The molecule has 2 aromatic heterocycles. The van der Waals surface area contributed by atoms with Crippen LogP contribution in [0.15, 0.2) is 48.9 Å². The van der Waals surface area contributed by atoms with Gasteiger partial charge in [0.15, 0.2) is 0 Å². The van der Waals surface area contributed by atoms with Gasteiger partial charge in [0.05, 0.1) is 23.9 Å². The molecule has 0 radical (unpaired) electrons. The normalized spacial score (nSPS) is 17.9. The summed E-state index contributed by atoms with van der Waals surface area (Å²) in [7, 11) is 3.08. The molecule has 45 heavy (non-hydrogen) atoms. The second kappa shape index (κ2) is 10.5. The predicted octanol–water partition coefficient (Wildman–Crippen LogP) is 4.45. The second-order valence-electron chi connectivity index (χ2n) is 11.2. The fraction of sp³-hybridized carbons (Fsp3) is 0.333. The lowest BCUT2D eigenvalue weighted by molar-refractivity contribution is -0.139. The molecule has 3 aliphatic rings. The second-order valence-corrected chi connectivity index (χ2v) is 11.2. The number of carbonyl (C=O) groups excluding carboxylic acids is 2. The van der Waals surface area contributed by atoms with E-state index in [1.807, 2.05) is 4.57 Å². The molecule has 1 atom stereocenters. The van der Waals surface area contributed by atoms with Gasteiger partial charge in [-0.3, -0.25) is 9.59 Å². The molecule has 2 aliphatic heterocycles. The predicted molar refractivity (Wildman–Crippen MR) is 152 cm³/mol. The van der Waals surface area contributed by atoms with Crippen LogP contribution in [0.25, 0.3) is 0 Å².